The number of likely N-dealkylation sites (tertiary alicyclic amines) is 1. The van der Waals surface area contributed by atoms with Crippen LogP contribution in [0.25, 0.3) is 5.78 Å². The highest BCUT2D eigenvalue weighted by atomic mass is 16.1. The van der Waals surface area contributed by atoms with Crippen molar-refractivity contribution in [2.24, 2.45) is 0 Å². The first-order chi connectivity index (χ1) is 13.1. The highest BCUT2D eigenvalue weighted by molar-refractivity contribution is 5.78. The van der Waals surface area contributed by atoms with E-state index in [2.05, 4.69) is 49.5 Å². The lowest BCUT2D eigenvalue weighted by molar-refractivity contribution is -0.121. The van der Waals surface area contributed by atoms with E-state index >= 15 is 0 Å². The van der Waals surface area contributed by atoms with Gasteiger partial charge in [0.2, 0.25) is 5.91 Å². The Morgan fingerprint density at radius 2 is 2.04 bits per heavy atom. The van der Waals surface area contributed by atoms with E-state index < -0.39 is 0 Å². The Balaban J connectivity index is 1.33. The molecule has 1 saturated heterocycles. The Hall–Kier alpha value is -2.80. The molecule has 2 aromatic heterocycles. The first kappa shape index (κ1) is 17.6. The number of carbonyl (C=O) groups excluding carboxylic acids is 1. The summed E-state index contributed by atoms with van der Waals surface area (Å²) in [6.07, 6.45) is 1.15. The predicted octanol–water partition coefficient (Wildman–Crippen LogP) is 1.67. The Morgan fingerprint density at radius 3 is 2.85 bits per heavy atom. The molecular formula is C20H24N6O. The molecule has 4 rings (SSSR count). The number of rotatable bonds is 5. The van der Waals surface area contributed by atoms with Crippen molar-refractivity contribution in [3.63, 3.8) is 0 Å². The second-order valence-electron chi connectivity index (χ2n) is 7.23. The van der Waals surface area contributed by atoms with E-state index in [1.54, 1.807) is 4.52 Å². The number of amides is 1. The van der Waals surface area contributed by atoms with Gasteiger partial charge in [-0.05, 0) is 31.9 Å². The molecule has 1 unspecified atom stereocenters. The minimum absolute atomic E-state index is 0.0353. The number of aromatic nitrogens is 4. The lowest BCUT2D eigenvalue weighted by Crippen LogP contribution is -2.38. The normalized spacial score (nSPS) is 17.5. The van der Waals surface area contributed by atoms with Crippen molar-refractivity contribution in [3.05, 3.63) is 59.2 Å². The molecule has 1 N–H and O–H groups in total. The summed E-state index contributed by atoms with van der Waals surface area (Å²) in [4.78, 5) is 23.6. The molecule has 1 aliphatic rings. The summed E-state index contributed by atoms with van der Waals surface area (Å²) in [5, 5.41) is 7.53. The van der Waals surface area contributed by atoms with Crippen LogP contribution in [0.1, 0.15) is 29.2 Å². The largest absolute Gasteiger partial charge is 0.352 e. The van der Waals surface area contributed by atoms with Crippen molar-refractivity contribution in [1.29, 1.82) is 0 Å². The first-order valence-corrected chi connectivity index (χ1v) is 9.32. The van der Waals surface area contributed by atoms with Gasteiger partial charge in [0.1, 0.15) is 0 Å². The van der Waals surface area contributed by atoms with Gasteiger partial charge in [-0.3, -0.25) is 9.69 Å². The number of aryl methyl sites for hydroxylation is 2. The van der Waals surface area contributed by atoms with Gasteiger partial charge in [0.05, 0.1) is 6.42 Å². The van der Waals surface area contributed by atoms with Crippen LogP contribution in [0, 0.1) is 13.8 Å². The predicted molar refractivity (Wildman–Crippen MR) is 102 cm³/mol. The summed E-state index contributed by atoms with van der Waals surface area (Å²) >= 11 is 0. The van der Waals surface area contributed by atoms with Crippen LogP contribution in [0.15, 0.2) is 36.4 Å². The third kappa shape index (κ3) is 4.14. The van der Waals surface area contributed by atoms with E-state index in [9.17, 15) is 4.79 Å². The summed E-state index contributed by atoms with van der Waals surface area (Å²) in [5.41, 5.74) is 3.16. The van der Waals surface area contributed by atoms with E-state index in [1.807, 2.05) is 26.0 Å². The zero-order chi connectivity index (χ0) is 18.8. The van der Waals surface area contributed by atoms with Gasteiger partial charge in [0.15, 0.2) is 5.82 Å². The number of fused-ring (bicyclic) bond motifs is 1. The Morgan fingerprint density at radius 1 is 1.22 bits per heavy atom. The molecule has 0 bridgehead atoms. The van der Waals surface area contributed by atoms with E-state index in [0.717, 1.165) is 37.4 Å². The smallest absolute Gasteiger partial charge is 0.252 e. The molecule has 1 aliphatic heterocycles. The molecule has 0 saturated carbocycles. The number of nitrogens with one attached hydrogen (secondary N) is 1. The molecule has 27 heavy (non-hydrogen) atoms. The minimum atomic E-state index is -0.0353. The molecule has 0 radical (unpaired) electrons. The molecule has 140 valence electrons. The van der Waals surface area contributed by atoms with Crippen LogP contribution < -0.4 is 5.32 Å². The van der Waals surface area contributed by atoms with Crippen LogP contribution in [-0.2, 0) is 17.8 Å². The van der Waals surface area contributed by atoms with Crippen LogP contribution >= 0.6 is 0 Å². The van der Waals surface area contributed by atoms with Gasteiger partial charge >= 0.3 is 0 Å². The van der Waals surface area contributed by atoms with Crippen molar-refractivity contribution in [2.75, 3.05) is 13.1 Å². The summed E-state index contributed by atoms with van der Waals surface area (Å²) in [7, 11) is 0. The van der Waals surface area contributed by atoms with Gasteiger partial charge in [0, 0.05) is 37.1 Å². The highest BCUT2D eigenvalue weighted by Crippen LogP contribution is 2.13. The Bertz CT molecular complexity index is 952. The van der Waals surface area contributed by atoms with E-state index in [0.29, 0.717) is 11.6 Å². The fourth-order valence-corrected chi connectivity index (χ4v) is 3.64. The number of hydrogen-bond donors (Lipinski definition) is 1. The second kappa shape index (κ2) is 7.44. The van der Waals surface area contributed by atoms with Crippen molar-refractivity contribution in [1.82, 2.24) is 29.8 Å². The van der Waals surface area contributed by atoms with Gasteiger partial charge in [-0.25, -0.2) is 9.50 Å². The number of carbonyl (C=O) groups is 1. The molecule has 0 spiro atoms. The third-order valence-electron chi connectivity index (χ3n) is 4.87. The van der Waals surface area contributed by atoms with Crippen molar-refractivity contribution >= 4 is 11.7 Å². The minimum Gasteiger partial charge on any atom is -0.352 e. The monoisotopic (exact) mass is 364 g/mol. The van der Waals surface area contributed by atoms with Crippen LogP contribution in [-0.4, -0.2) is 49.5 Å². The van der Waals surface area contributed by atoms with Gasteiger partial charge < -0.3 is 5.32 Å². The molecule has 7 nitrogen and oxygen atoms in total. The fourth-order valence-electron chi connectivity index (χ4n) is 3.64. The van der Waals surface area contributed by atoms with Crippen molar-refractivity contribution in [2.45, 2.75) is 39.3 Å². The van der Waals surface area contributed by atoms with E-state index in [4.69, 9.17) is 0 Å². The average Bonchev–Trinajstić information content (AvgIpc) is 3.22. The summed E-state index contributed by atoms with van der Waals surface area (Å²) < 4.78 is 1.69. The number of hydrogen-bond acceptors (Lipinski definition) is 5. The first-order valence-electron chi connectivity index (χ1n) is 9.32. The summed E-state index contributed by atoms with van der Waals surface area (Å²) in [6, 6.07) is 12.6. The topological polar surface area (TPSA) is 75.4 Å². The highest BCUT2D eigenvalue weighted by Gasteiger charge is 2.24. The molecular weight excluding hydrogens is 340 g/mol. The van der Waals surface area contributed by atoms with Gasteiger partial charge in [-0.2, -0.15) is 4.98 Å². The molecule has 7 heteroatoms. The molecule has 3 aromatic rings. The van der Waals surface area contributed by atoms with Crippen LogP contribution in [0.4, 0.5) is 0 Å². The van der Waals surface area contributed by atoms with Crippen LogP contribution in [0.5, 0.6) is 0 Å². The maximum Gasteiger partial charge on any atom is 0.252 e. The van der Waals surface area contributed by atoms with Gasteiger partial charge in [-0.1, -0.05) is 30.3 Å². The number of nitrogens with zero attached hydrogens (tertiary/aromatic N) is 5. The maximum absolute atomic E-state index is 12.4. The molecule has 1 amide bonds. The van der Waals surface area contributed by atoms with Gasteiger partial charge in [0.25, 0.3) is 5.78 Å². The van der Waals surface area contributed by atoms with Crippen LogP contribution in [0.3, 0.4) is 0 Å². The Kier molecular flexibility index (Phi) is 4.85. The van der Waals surface area contributed by atoms with E-state index in [-0.39, 0.29) is 18.4 Å². The van der Waals surface area contributed by atoms with Crippen molar-refractivity contribution in [3.8, 4) is 0 Å². The van der Waals surface area contributed by atoms with Crippen LogP contribution in [0.2, 0.25) is 0 Å². The molecule has 1 atom stereocenters. The standard InChI is InChI=1S/C20H24N6O/c1-14-10-15(2)26-20(21-14)23-18(24-26)11-19(27)22-17-8-9-25(13-17)12-16-6-4-3-5-7-16/h3-7,10,17H,8-9,11-13H2,1-2H3,(H,22,27). The summed E-state index contributed by atoms with van der Waals surface area (Å²) in [6.45, 7) is 6.68. The number of benzene rings is 1. The lowest BCUT2D eigenvalue weighted by atomic mass is 10.2. The molecule has 1 aromatic carbocycles. The zero-order valence-corrected chi connectivity index (χ0v) is 15.7. The fraction of sp³-hybridized carbons (Fsp3) is 0.400. The zero-order valence-electron chi connectivity index (χ0n) is 15.7. The third-order valence-corrected chi connectivity index (χ3v) is 4.87. The second-order valence-corrected chi connectivity index (χ2v) is 7.23. The maximum atomic E-state index is 12.4. The van der Waals surface area contributed by atoms with Gasteiger partial charge in [-0.15, -0.1) is 5.10 Å². The Labute approximate surface area is 158 Å². The lowest BCUT2D eigenvalue weighted by Gasteiger charge is -2.16. The molecule has 0 aliphatic carbocycles. The molecule has 1 fully saturated rings. The SMILES string of the molecule is Cc1cc(C)n2nc(CC(=O)NC3CCN(Cc4ccccc4)C3)nc2n1. The van der Waals surface area contributed by atoms with Crippen molar-refractivity contribution < 1.29 is 4.79 Å². The van der Waals surface area contributed by atoms with E-state index in [1.165, 1.54) is 5.56 Å². The quantitative estimate of drug-likeness (QED) is 0.745. The average molecular weight is 364 g/mol. The molecule has 3 heterocycles. The summed E-state index contributed by atoms with van der Waals surface area (Å²) in [5.74, 6) is 1.02.